The minimum absolute atomic E-state index is 0.0291. The highest BCUT2D eigenvalue weighted by molar-refractivity contribution is 5.99. The van der Waals surface area contributed by atoms with Crippen LogP contribution in [0.1, 0.15) is 48.0 Å². The lowest BCUT2D eigenvalue weighted by Crippen LogP contribution is -2.36. The number of hydrogen-bond acceptors (Lipinski definition) is 3. The molecular formula is C14H21N3O. The van der Waals surface area contributed by atoms with Crippen LogP contribution >= 0.6 is 0 Å². The van der Waals surface area contributed by atoms with Crippen molar-refractivity contribution in [1.29, 1.82) is 0 Å². The van der Waals surface area contributed by atoms with Crippen LogP contribution in [0.5, 0.6) is 0 Å². The van der Waals surface area contributed by atoms with Crippen LogP contribution in [0, 0.1) is 6.92 Å². The lowest BCUT2D eigenvalue weighted by molar-refractivity contribution is 0.0928. The normalized spacial score (nSPS) is 16.3. The molecule has 1 aliphatic carbocycles. The molecule has 4 N–H and O–H groups in total. The maximum Gasteiger partial charge on any atom is 0.253 e. The summed E-state index contributed by atoms with van der Waals surface area (Å²) < 4.78 is 0. The van der Waals surface area contributed by atoms with E-state index in [1.165, 1.54) is 19.3 Å². The predicted octanol–water partition coefficient (Wildman–Crippen LogP) is 2.34. The Hall–Kier alpha value is -1.55. The molecule has 0 atom stereocenters. The first kappa shape index (κ1) is 12.9. The van der Waals surface area contributed by atoms with E-state index >= 15 is 0 Å². The summed E-state index contributed by atoms with van der Waals surface area (Å²) in [6.07, 6.45) is 5.87. The van der Waals surface area contributed by atoms with Gasteiger partial charge in [-0.15, -0.1) is 0 Å². The molecule has 2 rings (SSSR count). The van der Waals surface area contributed by atoms with Crippen LogP contribution in [0.25, 0.3) is 0 Å². The second-order valence-electron chi connectivity index (χ2n) is 5.00. The summed E-state index contributed by atoms with van der Waals surface area (Å²) in [6, 6.07) is 5.96. The Labute approximate surface area is 108 Å². The number of nitrogen functional groups attached to an aromatic ring is 1. The summed E-state index contributed by atoms with van der Waals surface area (Å²) in [5.41, 5.74) is 4.94. The van der Waals surface area contributed by atoms with Crippen molar-refractivity contribution >= 4 is 11.6 Å². The van der Waals surface area contributed by atoms with E-state index in [1.807, 2.05) is 25.1 Å². The number of rotatable bonds is 3. The minimum atomic E-state index is -0.0291. The highest BCUT2D eigenvalue weighted by atomic mass is 16.1. The van der Waals surface area contributed by atoms with Crippen LogP contribution < -0.4 is 16.6 Å². The van der Waals surface area contributed by atoms with E-state index < -0.39 is 0 Å². The van der Waals surface area contributed by atoms with Gasteiger partial charge in [0.2, 0.25) is 0 Å². The topological polar surface area (TPSA) is 67.1 Å². The van der Waals surface area contributed by atoms with E-state index in [9.17, 15) is 4.79 Å². The summed E-state index contributed by atoms with van der Waals surface area (Å²) >= 11 is 0. The van der Waals surface area contributed by atoms with E-state index in [2.05, 4.69) is 10.7 Å². The number of amides is 1. The van der Waals surface area contributed by atoms with Gasteiger partial charge in [-0.2, -0.15) is 0 Å². The molecule has 1 aromatic rings. The second-order valence-corrected chi connectivity index (χ2v) is 5.00. The largest absolute Gasteiger partial charge is 0.349 e. The molecular weight excluding hydrogens is 226 g/mol. The van der Waals surface area contributed by atoms with Gasteiger partial charge in [-0.05, 0) is 31.9 Å². The van der Waals surface area contributed by atoms with Gasteiger partial charge in [0.1, 0.15) is 0 Å². The number of anilines is 1. The van der Waals surface area contributed by atoms with Crippen LogP contribution in [0.15, 0.2) is 18.2 Å². The molecule has 0 spiro atoms. The van der Waals surface area contributed by atoms with Gasteiger partial charge in [0, 0.05) is 6.04 Å². The highest BCUT2D eigenvalue weighted by Crippen LogP contribution is 2.20. The fraction of sp³-hybridized carbons (Fsp3) is 0.500. The molecule has 0 radical (unpaired) electrons. The van der Waals surface area contributed by atoms with Gasteiger partial charge in [-0.1, -0.05) is 30.9 Å². The van der Waals surface area contributed by atoms with Crippen molar-refractivity contribution in [2.45, 2.75) is 45.1 Å². The van der Waals surface area contributed by atoms with Gasteiger partial charge in [-0.25, -0.2) is 0 Å². The monoisotopic (exact) mass is 247 g/mol. The number of carbonyl (C=O) groups is 1. The second kappa shape index (κ2) is 5.87. The van der Waals surface area contributed by atoms with E-state index in [1.54, 1.807) is 0 Å². The Morgan fingerprint density at radius 3 is 2.67 bits per heavy atom. The molecule has 1 aliphatic rings. The Morgan fingerprint density at radius 2 is 2.00 bits per heavy atom. The number of nitrogens with two attached hydrogens (primary N) is 1. The van der Waals surface area contributed by atoms with E-state index in [0.717, 1.165) is 18.4 Å². The summed E-state index contributed by atoms with van der Waals surface area (Å²) in [5, 5.41) is 3.10. The van der Waals surface area contributed by atoms with Gasteiger partial charge in [0.05, 0.1) is 11.3 Å². The average Bonchev–Trinajstić information content (AvgIpc) is 2.40. The number of hydrogen-bond donors (Lipinski definition) is 3. The van der Waals surface area contributed by atoms with E-state index in [4.69, 9.17) is 5.84 Å². The molecule has 1 aromatic carbocycles. The molecule has 18 heavy (non-hydrogen) atoms. The zero-order valence-electron chi connectivity index (χ0n) is 10.8. The van der Waals surface area contributed by atoms with Crippen molar-refractivity contribution < 1.29 is 4.79 Å². The molecule has 1 fully saturated rings. The van der Waals surface area contributed by atoms with Crippen molar-refractivity contribution in [2.24, 2.45) is 5.84 Å². The summed E-state index contributed by atoms with van der Waals surface area (Å²) in [6.45, 7) is 1.97. The van der Waals surface area contributed by atoms with Crippen molar-refractivity contribution in [3.63, 3.8) is 0 Å². The summed E-state index contributed by atoms with van der Waals surface area (Å²) in [5.74, 6) is 5.41. The lowest BCUT2D eigenvalue weighted by Gasteiger charge is -2.23. The molecule has 98 valence electrons. The third-order valence-electron chi connectivity index (χ3n) is 3.52. The zero-order chi connectivity index (χ0) is 13.0. The number of benzene rings is 1. The number of carbonyl (C=O) groups excluding carboxylic acids is 1. The van der Waals surface area contributed by atoms with Crippen LogP contribution in [0.3, 0.4) is 0 Å². The Kier molecular flexibility index (Phi) is 4.20. The van der Waals surface area contributed by atoms with Gasteiger partial charge in [-0.3, -0.25) is 10.6 Å². The third-order valence-corrected chi connectivity index (χ3v) is 3.52. The van der Waals surface area contributed by atoms with Crippen molar-refractivity contribution in [3.8, 4) is 0 Å². The van der Waals surface area contributed by atoms with Crippen LogP contribution in [-0.2, 0) is 0 Å². The van der Waals surface area contributed by atoms with Crippen LogP contribution in [0.2, 0.25) is 0 Å². The quantitative estimate of drug-likeness (QED) is 0.567. The van der Waals surface area contributed by atoms with E-state index in [0.29, 0.717) is 17.3 Å². The summed E-state index contributed by atoms with van der Waals surface area (Å²) in [7, 11) is 0. The molecule has 0 aliphatic heterocycles. The van der Waals surface area contributed by atoms with Crippen LogP contribution in [0.4, 0.5) is 5.69 Å². The Bertz CT molecular complexity index is 425. The van der Waals surface area contributed by atoms with Gasteiger partial charge < -0.3 is 10.7 Å². The molecule has 4 heteroatoms. The molecule has 0 unspecified atom stereocenters. The summed E-state index contributed by atoms with van der Waals surface area (Å²) in [4.78, 5) is 12.2. The fourth-order valence-electron chi connectivity index (χ4n) is 2.48. The standard InChI is InChI=1S/C14H21N3O/c1-10-7-8-13(17-15)12(9-10)14(18)16-11-5-3-2-4-6-11/h7-9,11,17H,2-6,15H2,1H3,(H,16,18). The molecule has 1 saturated carbocycles. The maximum absolute atomic E-state index is 12.2. The lowest BCUT2D eigenvalue weighted by atomic mass is 9.95. The van der Waals surface area contributed by atoms with Crippen molar-refractivity contribution in [2.75, 3.05) is 5.43 Å². The molecule has 0 heterocycles. The van der Waals surface area contributed by atoms with Gasteiger partial charge in [0.25, 0.3) is 5.91 Å². The van der Waals surface area contributed by atoms with Gasteiger partial charge in [0.15, 0.2) is 0 Å². The smallest absolute Gasteiger partial charge is 0.253 e. The Morgan fingerprint density at radius 1 is 1.28 bits per heavy atom. The van der Waals surface area contributed by atoms with Gasteiger partial charge >= 0.3 is 0 Å². The highest BCUT2D eigenvalue weighted by Gasteiger charge is 2.18. The first-order valence-corrected chi connectivity index (χ1v) is 6.59. The van der Waals surface area contributed by atoms with E-state index in [-0.39, 0.29) is 5.91 Å². The molecule has 0 saturated heterocycles. The number of aryl methyl sites for hydroxylation is 1. The molecule has 0 bridgehead atoms. The Balaban J connectivity index is 2.09. The van der Waals surface area contributed by atoms with Crippen molar-refractivity contribution in [1.82, 2.24) is 5.32 Å². The molecule has 1 amide bonds. The molecule has 0 aromatic heterocycles. The first-order valence-electron chi connectivity index (χ1n) is 6.59. The predicted molar refractivity (Wildman–Crippen MR) is 73.3 cm³/mol. The minimum Gasteiger partial charge on any atom is -0.349 e. The third kappa shape index (κ3) is 3.01. The fourth-order valence-corrected chi connectivity index (χ4v) is 2.48. The average molecular weight is 247 g/mol. The first-order chi connectivity index (χ1) is 8.70. The maximum atomic E-state index is 12.2. The number of nitrogens with one attached hydrogen (secondary N) is 2. The SMILES string of the molecule is Cc1ccc(NN)c(C(=O)NC2CCCCC2)c1. The van der Waals surface area contributed by atoms with Crippen LogP contribution in [-0.4, -0.2) is 11.9 Å². The molecule has 4 nitrogen and oxygen atoms in total. The van der Waals surface area contributed by atoms with Crippen molar-refractivity contribution in [3.05, 3.63) is 29.3 Å². The number of hydrazine groups is 1. The zero-order valence-corrected chi connectivity index (χ0v) is 10.8.